The van der Waals surface area contributed by atoms with Gasteiger partial charge < -0.3 is 24.4 Å². The Morgan fingerprint density at radius 3 is 3.04 bits per heavy atom. The summed E-state index contributed by atoms with van der Waals surface area (Å²) in [6, 6.07) is 9.01. The number of benzene rings is 1. The van der Waals surface area contributed by atoms with E-state index in [-0.39, 0.29) is 18.9 Å². The number of anilines is 1. The van der Waals surface area contributed by atoms with Crippen molar-refractivity contribution in [1.29, 1.82) is 0 Å². The van der Waals surface area contributed by atoms with Crippen LogP contribution in [0.3, 0.4) is 0 Å². The van der Waals surface area contributed by atoms with Gasteiger partial charge in [-0.2, -0.15) is 0 Å². The summed E-state index contributed by atoms with van der Waals surface area (Å²) in [4.78, 5) is 18.4. The number of rotatable bonds is 2. The summed E-state index contributed by atoms with van der Waals surface area (Å²) in [7, 11) is 0. The van der Waals surface area contributed by atoms with Gasteiger partial charge in [0.15, 0.2) is 11.5 Å². The van der Waals surface area contributed by atoms with E-state index in [9.17, 15) is 4.79 Å². The Hall–Kier alpha value is -2.80. The van der Waals surface area contributed by atoms with Gasteiger partial charge in [0, 0.05) is 36.3 Å². The van der Waals surface area contributed by atoms with Crippen LogP contribution >= 0.6 is 0 Å². The van der Waals surface area contributed by atoms with Crippen LogP contribution in [-0.2, 0) is 4.74 Å². The van der Waals surface area contributed by atoms with Gasteiger partial charge in [-0.15, -0.1) is 0 Å². The number of nitrogens with zero attached hydrogens (tertiary/aromatic N) is 2. The Morgan fingerprint density at radius 2 is 2.17 bits per heavy atom. The predicted octanol–water partition coefficient (Wildman–Crippen LogP) is 2.42. The molecular formula is C17H17N3O4. The van der Waals surface area contributed by atoms with Crippen LogP contribution in [0.4, 0.5) is 10.5 Å². The number of carbonyl (C=O) groups excluding carboxylic acids is 1. The second-order valence-corrected chi connectivity index (χ2v) is 5.59. The zero-order valence-electron chi connectivity index (χ0n) is 13.0. The topological polar surface area (TPSA) is 72.9 Å². The molecule has 4 rings (SSSR count). The van der Waals surface area contributed by atoms with E-state index in [0.29, 0.717) is 36.9 Å². The molecule has 0 aliphatic carbocycles. The number of hydrogen-bond donors (Lipinski definition) is 1. The average Bonchev–Trinajstić information content (AvgIpc) is 3.10. The standard InChI is InChI=1S/C17H17N3O4/c21-17(19-13-3-4-14-15(8-13)24-11-23-14)20-6-7-22-16(10-20)12-2-1-5-18-9-12/h1-5,8-9,16H,6-7,10-11H2,(H,19,21)/t16-/m0/s1. The van der Waals surface area contributed by atoms with Crippen molar-refractivity contribution in [2.24, 2.45) is 0 Å². The highest BCUT2D eigenvalue weighted by Gasteiger charge is 2.26. The summed E-state index contributed by atoms with van der Waals surface area (Å²) < 4.78 is 16.4. The number of hydrogen-bond acceptors (Lipinski definition) is 5. The van der Waals surface area contributed by atoms with Crippen molar-refractivity contribution in [2.45, 2.75) is 6.10 Å². The lowest BCUT2D eigenvalue weighted by Gasteiger charge is -2.33. The number of urea groups is 1. The van der Waals surface area contributed by atoms with E-state index < -0.39 is 0 Å². The molecular weight excluding hydrogens is 310 g/mol. The molecule has 24 heavy (non-hydrogen) atoms. The normalized spacial score (nSPS) is 19.2. The van der Waals surface area contributed by atoms with Gasteiger partial charge >= 0.3 is 6.03 Å². The molecule has 7 nitrogen and oxygen atoms in total. The van der Waals surface area contributed by atoms with E-state index in [4.69, 9.17) is 14.2 Å². The van der Waals surface area contributed by atoms with Crippen molar-refractivity contribution in [3.8, 4) is 11.5 Å². The highest BCUT2D eigenvalue weighted by Crippen LogP contribution is 2.34. The Morgan fingerprint density at radius 1 is 1.25 bits per heavy atom. The molecule has 1 atom stereocenters. The lowest BCUT2D eigenvalue weighted by Crippen LogP contribution is -2.44. The lowest BCUT2D eigenvalue weighted by molar-refractivity contribution is -0.0136. The molecule has 7 heteroatoms. The molecule has 1 saturated heterocycles. The van der Waals surface area contributed by atoms with Crippen LogP contribution in [0, 0.1) is 0 Å². The van der Waals surface area contributed by atoms with Gasteiger partial charge in [0.25, 0.3) is 0 Å². The van der Waals surface area contributed by atoms with E-state index in [2.05, 4.69) is 10.3 Å². The Balaban J connectivity index is 1.42. The first-order valence-corrected chi connectivity index (χ1v) is 7.77. The van der Waals surface area contributed by atoms with Crippen LogP contribution < -0.4 is 14.8 Å². The van der Waals surface area contributed by atoms with Crippen LogP contribution in [-0.4, -0.2) is 42.4 Å². The molecule has 0 spiro atoms. The zero-order chi connectivity index (χ0) is 16.4. The first kappa shape index (κ1) is 14.8. The average molecular weight is 327 g/mol. The Kier molecular flexibility index (Phi) is 3.92. The molecule has 2 amide bonds. The second kappa shape index (κ2) is 6.37. The van der Waals surface area contributed by atoms with Gasteiger partial charge in [0.05, 0.1) is 13.2 Å². The third-order valence-corrected chi connectivity index (χ3v) is 4.03. The number of fused-ring (bicyclic) bond motifs is 1. The Labute approximate surface area is 139 Å². The highest BCUT2D eigenvalue weighted by atomic mass is 16.7. The molecule has 1 fully saturated rings. The largest absolute Gasteiger partial charge is 0.454 e. The van der Waals surface area contributed by atoms with Gasteiger partial charge in [-0.25, -0.2) is 4.79 Å². The summed E-state index contributed by atoms with van der Waals surface area (Å²) >= 11 is 0. The Bertz CT molecular complexity index is 738. The number of carbonyl (C=O) groups is 1. The molecule has 0 radical (unpaired) electrons. The number of nitrogens with one attached hydrogen (secondary N) is 1. The molecule has 2 aliphatic heterocycles. The zero-order valence-corrected chi connectivity index (χ0v) is 13.0. The SMILES string of the molecule is O=C(Nc1ccc2c(c1)OCO2)N1CCO[C@H](c2cccnc2)C1. The highest BCUT2D eigenvalue weighted by molar-refractivity contribution is 5.89. The summed E-state index contributed by atoms with van der Waals surface area (Å²) in [5, 5.41) is 2.89. The molecule has 2 aromatic rings. The smallest absolute Gasteiger partial charge is 0.322 e. The van der Waals surface area contributed by atoms with Crippen molar-refractivity contribution in [1.82, 2.24) is 9.88 Å². The monoisotopic (exact) mass is 327 g/mol. The maximum absolute atomic E-state index is 12.5. The van der Waals surface area contributed by atoms with Gasteiger partial charge in [0.2, 0.25) is 6.79 Å². The number of amides is 2. The van der Waals surface area contributed by atoms with Gasteiger partial charge in [-0.05, 0) is 18.2 Å². The van der Waals surface area contributed by atoms with Crippen molar-refractivity contribution in [3.05, 3.63) is 48.3 Å². The molecule has 124 valence electrons. The third kappa shape index (κ3) is 2.98. The number of ether oxygens (including phenoxy) is 3. The van der Waals surface area contributed by atoms with Crippen LogP contribution in [0.25, 0.3) is 0 Å². The number of morpholine rings is 1. The predicted molar refractivity (Wildman–Crippen MR) is 86.1 cm³/mol. The molecule has 2 aliphatic rings. The van der Waals surface area contributed by atoms with Gasteiger partial charge in [-0.1, -0.05) is 6.07 Å². The summed E-state index contributed by atoms with van der Waals surface area (Å²) in [6.45, 7) is 1.74. The van der Waals surface area contributed by atoms with E-state index >= 15 is 0 Å². The maximum Gasteiger partial charge on any atom is 0.322 e. The summed E-state index contributed by atoms with van der Waals surface area (Å²) in [6.07, 6.45) is 3.33. The fraction of sp³-hybridized carbons (Fsp3) is 0.294. The fourth-order valence-corrected chi connectivity index (χ4v) is 2.78. The molecule has 0 saturated carbocycles. The molecule has 0 bridgehead atoms. The van der Waals surface area contributed by atoms with E-state index in [1.54, 1.807) is 35.5 Å². The number of pyridine rings is 1. The molecule has 0 unspecified atom stereocenters. The lowest BCUT2D eigenvalue weighted by atomic mass is 10.1. The first-order valence-electron chi connectivity index (χ1n) is 7.77. The fourth-order valence-electron chi connectivity index (χ4n) is 2.78. The maximum atomic E-state index is 12.5. The minimum atomic E-state index is -0.161. The quantitative estimate of drug-likeness (QED) is 0.917. The summed E-state index contributed by atoms with van der Waals surface area (Å²) in [5.41, 5.74) is 1.65. The van der Waals surface area contributed by atoms with E-state index in [0.717, 1.165) is 5.56 Å². The van der Waals surface area contributed by atoms with Crippen LogP contribution in [0.1, 0.15) is 11.7 Å². The van der Waals surface area contributed by atoms with Crippen molar-refractivity contribution >= 4 is 11.7 Å². The second-order valence-electron chi connectivity index (χ2n) is 5.59. The van der Waals surface area contributed by atoms with Crippen molar-refractivity contribution in [3.63, 3.8) is 0 Å². The third-order valence-electron chi connectivity index (χ3n) is 4.03. The van der Waals surface area contributed by atoms with Crippen LogP contribution in [0.2, 0.25) is 0 Å². The van der Waals surface area contributed by atoms with Crippen molar-refractivity contribution in [2.75, 3.05) is 31.8 Å². The van der Waals surface area contributed by atoms with Crippen LogP contribution in [0.5, 0.6) is 11.5 Å². The minimum Gasteiger partial charge on any atom is -0.454 e. The molecule has 1 aromatic carbocycles. The summed E-state index contributed by atoms with van der Waals surface area (Å²) in [5.74, 6) is 1.33. The first-order chi connectivity index (χ1) is 11.8. The number of aromatic nitrogens is 1. The van der Waals surface area contributed by atoms with E-state index in [1.807, 2.05) is 12.1 Å². The van der Waals surface area contributed by atoms with E-state index in [1.165, 1.54) is 0 Å². The van der Waals surface area contributed by atoms with Gasteiger partial charge in [0.1, 0.15) is 6.10 Å². The molecule has 1 N–H and O–H groups in total. The van der Waals surface area contributed by atoms with Crippen molar-refractivity contribution < 1.29 is 19.0 Å². The van der Waals surface area contributed by atoms with Crippen LogP contribution in [0.15, 0.2) is 42.7 Å². The molecule has 1 aromatic heterocycles. The molecule has 3 heterocycles. The minimum absolute atomic E-state index is 0.157. The van der Waals surface area contributed by atoms with Gasteiger partial charge in [-0.3, -0.25) is 4.98 Å².